The van der Waals surface area contributed by atoms with Crippen molar-refractivity contribution in [3.05, 3.63) is 34.9 Å². The van der Waals surface area contributed by atoms with Crippen molar-refractivity contribution in [2.75, 3.05) is 13.1 Å². The second kappa shape index (κ2) is 5.15. The number of nitrogens with zero attached hydrogens (tertiary/aromatic N) is 1. The largest absolute Gasteiger partial charge is 0.325 e. The van der Waals surface area contributed by atoms with Gasteiger partial charge in [-0.25, -0.2) is 4.79 Å². The fourth-order valence-corrected chi connectivity index (χ4v) is 3.15. The fourth-order valence-electron chi connectivity index (χ4n) is 3.15. The van der Waals surface area contributed by atoms with Gasteiger partial charge in [-0.2, -0.15) is 0 Å². The Morgan fingerprint density at radius 1 is 1.19 bits per heavy atom. The van der Waals surface area contributed by atoms with Crippen LogP contribution in [0.3, 0.4) is 0 Å². The molecule has 2 fully saturated rings. The molecule has 1 aromatic carbocycles. The minimum atomic E-state index is -0.680. The van der Waals surface area contributed by atoms with Gasteiger partial charge >= 0.3 is 6.03 Å². The number of hydrogen-bond donors (Lipinski definition) is 2. The van der Waals surface area contributed by atoms with Gasteiger partial charge in [0.05, 0.1) is 6.54 Å². The van der Waals surface area contributed by atoms with E-state index in [-0.39, 0.29) is 11.9 Å². The maximum Gasteiger partial charge on any atom is 0.325 e. The van der Waals surface area contributed by atoms with Gasteiger partial charge in [0.25, 0.3) is 5.91 Å². The molecule has 0 radical (unpaired) electrons. The standard InChI is InChI=1S/C16H21N3O2/c1-11-3-4-12(2)13(9-11)10-19-14(20)16(18-15(19)21)5-7-17-8-6-16/h3-4,9,17H,5-8,10H2,1-2H3,(H,18,21). The Hall–Kier alpha value is -1.88. The molecule has 1 aromatic rings. The molecule has 0 unspecified atom stereocenters. The predicted molar refractivity (Wildman–Crippen MR) is 79.8 cm³/mol. The Balaban J connectivity index is 1.84. The van der Waals surface area contributed by atoms with Gasteiger partial charge in [-0.05, 0) is 50.9 Å². The third-order valence-electron chi connectivity index (χ3n) is 4.54. The molecule has 2 N–H and O–H groups in total. The maximum atomic E-state index is 12.7. The lowest BCUT2D eigenvalue weighted by Gasteiger charge is -2.31. The minimum absolute atomic E-state index is 0.0742. The topological polar surface area (TPSA) is 61.4 Å². The van der Waals surface area contributed by atoms with E-state index in [2.05, 4.69) is 10.6 Å². The first-order valence-corrected chi connectivity index (χ1v) is 7.43. The summed E-state index contributed by atoms with van der Waals surface area (Å²) in [5.41, 5.74) is 2.59. The summed E-state index contributed by atoms with van der Waals surface area (Å²) < 4.78 is 0. The van der Waals surface area contributed by atoms with Crippen LogP contribution in [0, 0.1) is 13.8 Å². The summed E-state index contributed by atoms with van der Waals surface area (Å²) in [6, 6.07) is 5.86. The van der Waals surface area contributed by atoms with E-state index in [1.54, 1.807) is 0 Å². The molecular weight excluding hydrogens is 266 g/mol. The molecule has 5 heteroatoms. The monoisotopic (exact) mass is 287 g/mol. The molecule has 21 heavy (non-hydrogen) atoms. The molecule has 0 bridgehead atoms. The van der Waals surface area contributed by atoms with Crippen molar-refractivity contribution >= 4 is 11.9 Å². The first kappa shape index (κ1) is 14.1. The first-order chi connectivity index (χ1) is 10.0. The van der Waals surface area contributed by atoms with Crippen molar-refractivity contribution in [1.82, 2.24) is 15.5 Å². The zero-order valence-electron chi connectivity index (χ0n) is 12.5. The number of amides is 3. The predicted octanol–water partition coefficient (Wildman–Crippen LogP) is 1.48. The summed E-state index contributed by atoms with van der Waals surface area (Å²) in [5, 5.41) is 6.15. The summed E-state index contributed by atoms with van der Waals surface area (Å²) in [5.74, 6) is -0.0742. The van der Waals surface area contributed by atoms with Crippen LogP contribution in [0.25, 0.3) is 0 Å². The lowest BCUT2D eigenvalue weighted by molar-refractivity contribution is -0.132. The molecule has 0 aromatic heterocycles. The number of hydrogen-bond acceptors (Lipinski definition) is 3. The lowest BCUT2D eigenvalue weighted by Crippen LogP contribution is -2.53. The molecule has 2 aliphatic heterocycles. The molecule has 112 valence electrons. The molecule has 2 heterocycles. The first-order valence-electron chi connectivity index (χ1n) is 7.43. The van der Waals surface area contributed by atoms with Crippen LogP contribution in [0.2, 0.25) is 0 Å². The van der Waals surface area contributed by atoms with Crippen molar-refractivity contribution < 1.29 is 9.59 Å². The van der Waals surface area contributed by atoms with Gasteiger partial charge in [-0.15, -0.1) is 0 Å². The summed E-state index contributed by atoms with van der Waals surface area (Å²) in [6.07, 6.45) is 1.34. The van der Waals surface area contributed by atoms with E-state index in [1.165, 1.54) is 4.90 Å². The highest BCUT2D eigenvalue weighted by Gasteiger charge is 2.51. The number of piperidine rings is 1. The average molecular weight is 287 g/mol. The summed E-state index contributed by atoms with van der Waals surface area (Å²) in [4.78, 5) is 26.3. The van der Waals surface area contributed by atoms with Crippen LogP contribution in [-0.2, 0) is 11.3 Å². The maximum absolute atomic E-state index is 12.7. The quantitative estimate of drug-likeness (QED) is 0.810. The van der Waals surface area contributed by atoms with Crippen molar-refractivity contribution in [2.24, 2.45) is 0 Å². The number of aryl methyl sites for hydroxylation is 2. The third kappa shape index (κ3) is 2.42. The molecule has 1 spiro atoms. The molecular formula is C16H21N3O2. The highest BCUT2D eigenvalue weighted by atomic mass is 16.2. The Labute approximate surface area is 124 Å². The molecule has 3 rings (SSSR count). The van der Waals surface area contributed by atoms with Crippen LogP contribution in [-0.4, -0.2) is 35.5 Å². The summed E-state index contributed by atoms with van der Waals surface area (Å²) >= 11 is 0. The van der Waals surface area contributed by atoms with Gasteiger partial charge in [0.15, 0.2) is 0 Å². The molecule has 3 amide bonds. The van der Waals surface area contributed by atoms with Crippen LogP contribution in [0.5, 0.6) is 0 Å². The van der Waals surface area contributed by atoms with Gasteiger partial charge in [0.2, 0.25) is 0 Å². The molecule has 2 saturated heterocycles. The van der Waals surface area contributed by atoms with Crippen LogP contribution < -0.4 is 10.6 Å². The Morgan fingerprint density at radius 2 is 1.90 bits per heavy atom. The van der Waals surface area contributed by atoms with E-state index in [1.807, 2.05) is 32.0 Å². The number of carbonyl (C=O) groups excluding carboxylic acids is 2. The molecule has 0 aliphatic carbocycles. The van der Waals surface area contributed by atoms with E-state index in [9.17, 15) is 9.59 Å². The summed E-state index contributed by atoms with van der Waals surface area (Å²) in [7, 11) is 0. The molecule has 0 saturated carbocycles. The summed E-state index contributed by atoms with van der Waals surface area (Å²) in [6.45, 7) is 5.91. The van der Waals surface area contributed by atoms with Crippen LogP contribution in [0.4, 0.5) is 4.79 Å². The second-order valence-electron chi connectivity index (χ2n) is 6.08. The normalized spacial score (nSPS) is 21.0. The van der Waals surface area contributed by atoms with E-state index in [0.29, 0.717) is 19.4 Å². The molecule has 5 nitrogen and oxygen atoms in total. The van der Waals surface area contributed by atoms with Gasteiger partial charge in [-0.3, -0.25) is 9.69 Å². The number of urea groups is 1. The van der Waals surface area contributed by atoms with Crippen molar-refractivity contribution in [1.29, 1.82) is 0 Å². The lowest BCUT2D eigenvalue weighted by atomic mass is 9.88. The smallest absolute Gasteiger partial charge is 0.323 e. The van der Waals surface area contributed by atoms with E-state index < -0.39 is 5.54 Å². The number of benzene rings is 1. The Morgan fingerprint density at radius 3 is 2.62 bits per heavy atom. The van der Waals surface area contributed by atoms with Gasteiger partial charge in [0, 0.05) is 0 Å². The SMILES string of the molecule is Cc1ccc(C)c(CN2C(=O)NC3(CCNCC3)C2=O)c1. The Bertz CT molecular complexity index is 591. The van der Waals surface area contributed by atoms with Crippen molar-refractivity contribution in [3.63, 3.8) is 0 Å². The zero-order chi connectivity index (χ0) is 15.0. The molecule has 0 atom stereocenters. The highest BCUT2D eigenvalue weighted by Crippen LogP contribution is 2.28. The van der Waals surface area contributed by atoms with E-state index in [4.69, 9.17) is 0 Å². The molecule has 2 aliphatic rings. The Kier molecular flexibility index (Phi) is 3.45. The average Bonchev–Trinajstić information content (AvgIpc) is 2.68. The van der Waals surface area contributed by atoms with Gasteiger partial charge < -0.3 is 10.6 Å². The second-order valence-corrected chi connectivity index (χ2v) is 6.08. The van der Waals surface area contributed by atoms with Crippen LogP contribution in [0.15, 0.2) is 18.2 Å². The van der Waals surface area contributed by atoms with Gasteiger partial charge in [-0.1, -0.05) is 23.8 Å². The van der Waals surface area contributed by atoms with E-state index >= 15 is 0 Å². The third-order valence-corrected chi connectivity index (χ3v) is 4.54. The van der Waals surface area contributed by atoms with E-state index in [0.717, 1.165) is 29.8 Å². The highest BCUT2D eigenvalue weighted by molar-refractivity contribution is 6.07. The number of nitrogens with one attached hydrogen (secondary N) is 2. The number of carbonyl (C=O) groups is 2. The van der Waals surface area contributed by atoms with Crippen molar-refractivity contribution in [2.45, 2.75) is 38.8 Å². The van der Waals surface area contributed by atoms with Crippen molar-refractivity contribution in [3.8, 4) is 0 Å². The number of rotatable bonds is 2. The zero-order valence-corrected chi connectivity index (χ0v) is 12.5. The van der Waals surface area contributed by atoms with Crippen LogP contribution >= 0.6 is 0 Å². The van der Waals surface area contributed by atoms with Gasteiger partial charge in [0.1, 0.15) is 5.54 Å². The van der Waals surface area contributed by atoms with Crippen LogP contribution in [0.1, 0.15) is 29.5 Å². The number of imide groups is 1. The minimum Gasteiger partial charge on any atom is -0.323 e. The fraction of sp³-hybridized carbons (Fsp3) is 0.500.